The number of hydrogen-bond acceptors (Lipinski definition) is 4. The van der Waals surface area contributed by atoms with Crippen LogP contribution in [0.3, 0.4) is 0 Å². The van der Waals surface area contributed by atoms with E-state index in [-0.39, 0.29) is 44.5 Å². The molecule has 0 aliphatic carbocycles. The summed E-state index contributed by atoms with van der Waals surface area (Å²) in [5, 5.41) is 11.4. The summed E-state index contributed by atoms with van der Waals surface area (Å²) in [6.45, 7) is 5.65. The van der Waals surface area contributed by atoms with Crippen LogP contribution in [0.5, 0.6) is 0 Å². The molecule has 20 heavy (non-hydrogen) atoms. The Labute approximate surface area is 119 Å². The van der Waals surface area contributed by atoms with E-state index in [9.17, 15) is 14.4 Å². The molecule has 0 radical (unpaired) electrons. The molecule has 0 spiro atoms. The number of rotatable bonds is 8. The van der Waals surface area contributed by atoms with Crippen molar-refractivity contribution < 1.29 is 24.2 Å². The van der Waals surface area contributed by atoms with E-state index >= 15 is 0 Å². The Morgan fingerprint density at radius 2 is 1.85 bits per heavy atom. The Balaban J connectivity index is 4.25. The van der Waals surface area contributed by atoms with Gasteiger partial charge in [-0.2, -0.15) is 0 Å². The van der Waals surface area contributed by atoms with Gasteiger partial charge >= 0.3 is 5.97 Å². The molecule has 0 saturated carbocycles. The first kappa shape index (κ1) is 18.4. The molecule has 7 heteroatoms. The number of carboxylic acid groups (broad SMARTS) is 1. The van der Waals surface area contributed by atoms with Crippen LogP contribution >= 0.6 is 0 Å². The van der Waals surface area contributed by atoms with Gasteiger partial charge in [0, 0.05) is 32.0 Å². The second kappa shape index (κ2) is 8.52. The maximum Gasteiger partial charge on any atom is 0.323 e. The van der Waals surface area contributed by atoms with Crippen LogP contribution in [0, 0.1) is 5.41 Å². The second-order valence-electron chi connectivity index (χ2n) is 5.46. The average molecular weight is 288 g/mol. The van der Waals surface area contributed by atoms with Crippen molar-refractivity contribution >= 4 is 17.8 Å². The predicted octanol–water partition coefficient (Wildman–Crippen LogP) is 0.0984. The number of methoxy groups -OCH3 is 1. The topological polar surface area (TPSA) is 95.9 Å². The number of carboxylic acids is 1. The normalized spacial score (nSPS) is 11.0. The standard InChI is InChI=1S/C13H24N2O5/c1-13(2,3)12(19)14-6-5-10(16)15(7-8-20-4)9-11(17)18/h5-9H2,1-4H3,(H,14,19)(H,17,18). The van der Waals surface area contributed by atoms with Gasteiger partial charge in [-0.3, -0.25) is 14.4 Å². The number of amides is 2. The molecular weight excluding hydrogens is 264 g/mol. The van der Waals surface area contributed by atoms with Crippen LogP contribution in [0.25, 0.3) is 0 Å². The Hall–Kier alpha value is -1.63. The summed E-state index contributed by atoms with van der Waals surface area (Å²) < 4.78 is 4.83. The highest BCUT2D eigenvalue weighted by molar-refractivity contribution is 5.83. The van der Waals surface area contributed by atoms with Gasteiger partial charge in [-0.05, 0) is 0 Å². The number of nitrogens with one attached hydrogen (secondary N) is 1. The third-order valence-electron chi connectivity index (χ3n) is 2.55. The van der Waals surface area contributed by atoms with Gasteiger partial charge in [-0.25, -0.2) is 0 Å². The average Bonchev–Trinajstić information content (AvgIpc) is 2.32. The first-order valence-electron chi connectivity index (χ1n) is 6.45. The van der Waals surface area contributed by atoms with E-state index in [2.05, 4.69) is 5.32 Å². The Morgan fingerprint density at radius 3 is 2.30 bits per heavy atom. The summed E-state index contributed by atoms with van der Waals surface area (Å²) in [6.07, 6.45) is 0.0683. The maximum atomic E-state index is 11.9. The van der Waals surface area contributed by atoms with Gasteiger partial charge in [0.1, 0.15) is 6.54 Å². The van der Waals surface area contributed by atoms with Crippen molar-refractivity contribution in [2.45, 2.75) is 27.2 Å². The minimum Gasteiger partial charge on any atom is -0.480 e. The summed E-state index contributed by atoms with van der Waals surface area (Å²) in [7, 11) is 1.48. The van der Waals surface area contributed by atoms with Crippen LogP contribution in [0.1, 0.15) is 27.2 Å². The van der Waals surface area contributed by atoms with Crippen molar-refractivity contribution in [2.24, 2.45) is 5.41 Å². The zero-order valence-corrected chi connectivity index (χ0v) is 12.6. The molecule has 2 amide bonds. The van der Waals surface area contributed by atoms with Crippen LogP contribution in [-0.2, 0) is 19.1 Å². The highest BCUT2D eigenvalue weighted by Gasteiger charge is 2.21. The first-order chi connectivity index (χ1) is 9.18. The molecule has 7 nitrogen and oxygen atoms in total. The summed E-state index contributed by atoms with van der Waals surface area (Å²) in [4.78, 5) is 35.4. The highest BCUT2D eigenvalue weighted by atomic mass is 16.5. The van der Waals surface area contributed by atoms with Crippen molar-refractivity contribution in [1.82, 2.24) is 10.2 Å². The number of ether oxygens (including phenoxy) is 1. The lowest BCUT2D eigenvalue weighted by Crippen LogP contribution is -2.41. The van der Waals surface area contributed by atoms with Gasteiger partial charge in [0.15, 0.2) is 0 Å². The van der Waals surface area contributed by atoms with E-state index in [1.165, 1.54) is 12.0 Å². The van der Waals surface area contributed by atoms with E-state index in [0.717, 1.165) is 0 Å². The van der Waals surface area contributed by atoms with Gasteiger partial charge in [0.05, 0.1) is 6.61 Å². The number of nitrogens with zero attached hydrogens (tertiary/aromatic N) is 1. The van der Waals surface area contributed by atoms with Crippen LogP contribution in [-0.4, -0.2) is 61.1 Å². The van der Waals surface area contributed by atoms with Gasteiger partial charge in [-0.15, -0.1) is 0 Å². The highest BCUT2D eigenvalue weighted by Crippen LogP contribution is 2.12. The maximum absolute atomic E-state index is 11.9. The van der Waals surface area contributed by atoms with Gasteiger partial charge < -0.3 is 20.1 Å². The van der Waals surface area contributed by atoms with E-state index in [1.54, 1.807) is 20.8 Å². The molecule has 0 bridgehead atoms. The summed E-state index contributed by atoms with van der Waals surface area (Å²) in [6, 6.07) is 0. The van der Waals surface area contributed by atoms with Crippen molar-refractivity contribution in [3.8, 4) is 0 Å². The molecule has 0 heterocycles. The monoisotopic (exact) mass is 288 g/mol. The summed E-state index contributed by atoms with van der Waals surface area (Å²) in [5.41, 5.74) is -0.514. The number of hydrogen-bond donors (Lipinski definition) is 2. The number of carbonyl (C=O) groups excluding carboxylic acids is 2. The van der Waals surface area contributed by atoms with Gasteiger partial charge in [0.2, 0.25) is 11.8 Å². The van der Waals surface area contributed by atoms with Crippen molar-refractivity contribution in [3.05, 3.63) is 0 Å². The van der Waals surface area contributed by atoms with Crippen molar-refractivity contribution in [2.75, 3.05) is 33.4 Å². The zero-order valence-electron chi connectivity index (χ0n) is 12.6. The molecule has 2 N–H and O–H groups in total. The molecule has 0 unspecified atom stereocenters. The summed E-state index contributed by atoms with van der Waals surface area (Å²) >= 11 is 0. The molecular formula is C13H24N2O5. The van der Waals surface area contributed by atoms with Crippen LogP contribution in [0.4, 0.5) is 0 Å². The lowest BCUT2D eigenvalue weighted by Gasteiger charge is -2.21. The zero-order chi connectivity index (χ0) is 15.8. The van der Waals surface area contributed by atoms with E-state index < -0.39 is 11.4 Å². The molecule has 0 rings (SSSR count). The van der Waals surface area contributed by atoms with Crippen LogP contribution < -0.4 is 5.32 Å². The Morgan fingerprint density at radius 1 is 1.25 bits per heavy atom. The third-order valence-corrected chi connectivity index (χ3v) is 2.55. The lowest BCUT2D eigenvalue weighted by atomic mass is 9.96. The lowest BCUT2D eigenvalue weighted by molar-refractivity contribution is -0.145. The van der Waals surface area contributed by atoms with Crippen molar-refractivity contribution in [1.29, 1.82) is 0 Å². The van der Waals surface area contributed by atoms with Crippen molar-refractivity contribution in [3.63, 3.8) is 0 Å². The molecule has 0 aromatic rings. The quantitative estimate of drug-likeness (QED) is 0.660. The molecule has 0 aromatic carbocycles. The smallest absolute Gasteiger partial charge is 0.323 e. The SMILES string of the molecule is COCCN(CC(=O)O)C(=O)CCNC(=O)C(C)(C)C. The fourth-order valence-electron chi connectivity index (χ4n) is 1.36. The number of aliphatic carboxylic acids is 1. The molecule has 0 saturated heterocycles. The van der Waals surface area contributed by atoms with E-state index in [1.807, 2.05) is 0 Å². The second-order valence-corrected chi connectivity index (χ2v) is 5.46. The molecule has 0 aliphatic heterocycles. The fourth-order valence-corrected chi connectivity index (χ4v) is 1.36. The third kappa shape index (κ3) is 7.73. The molecule has 0 atom stereocenters. The van der Waals surface area contributed by atoms with Crippen LogP contribution in [0.2, 0.25) is 0 Å². The molecule has 0 aliphatic rings. The predicted molar refractivity (Wildman–Crippen MR) is 73.2 cm³/mol. The van der Waals surface area contributed by atoms with Crippen LogP contribution in [0.15, 0.2) is 0 Å². The minimum absolute atomic E-state index is 0.0683. The minimum atomic E-state index is -1.08. The van der Waals surface area contributed by atoms with Gasteiger partial charge in [0.25, 0.3) is 0 Å². The Kier molecular flexibility index (Phi) is 7.83. The first-order valence-corrected chi connectivity index (χ1v) is 6.45. The van der Waals surface area contributed by atoms with Gasteiger partial charge in [-0.1, -0.05) is 20.8 Å². The Bertz CT molecular complexity index is 349. The molecule has 0 aromatic heterocycles. The van der Waals surface area contributed by atoms with E-state index in [0.29, 0.717) is 0 Å². The molecule has 116 valence electrons. The van der Waals surface area contributed by atoms with E-state index in [4.69, 9.17) is 9.84 Å². The number of carbonyl (C=O) groups is 3. The molecule has 0 fully saturated rings. The largest absolute Gasteiger partial charge is 0.480 e. The fraction of sp³-hybridized carbons (Fsp3) is 0.769. The summed E-state index contributed by atoms with van der Waals surface area (Å²) in [5.74, 6) is -1.54.